The molecule has 2 N–H and O–H groups in total. The minimum absolute atomic E-state index is 0.00673. The minimum atomic E-state index is -0.111. The number of amides is 2. The Morgan fingerprint density at radius 3 is 2.60 bits per heavy atom. The molecule has 0 saturated carbocycles. The summed E-state index contributed by atoms with van der Waals surface area (Å²) in [4.78, 5) is 24.0. The fourth-order valence-corrected chi connectivity index (χ4v) is 2.43. The molecular formula is C15H24N2O2S. The van der Waals surface area contributed by atoms with E-state index in [0.717, 1.165) is 12.8 Å². The highest BCUT2D eigenvalue weighted by Crippen LogP contribution is 2.08. The van der Waals surface area contributed by atoms with Crippen molar-refractivity contribution in [2.75, 3.05) is 6.54 Å². The van der Waals surface area contributed by atoms with Crippen LogP contribution < -0.4 is 10.6 Å². The lowest BCUT2D eigenvalue weighted by molar-refractivity contribution is -0.121. The van der Waals surface area contributed by atoms with E-state index in [4.69, 9.17) is 0 Å². The molecule has 0 fully saturated rings. The molecule has 4 nitrogen and oxygen atoms in total. The van der Waals surface area contributed by atoms with E-state index < -0.39 is 0 Å². The van der Waals surface area contributed by atoms with Crippen molar-refractivity contribution in [1.82, 2.24) is 10.6 Å². The third kappa shape index (κ3) is 6.70. The normalized spacial score (nSPS) is 12.2. The summed E-state index contributed by atoms with van der Waals surface area (Å²) in [5.41, 5.74) is 0. The van der Waals surface area contributed by atoms with Crippen molar-refractivity contribution in [3.8, 4) is 0 Å². The van der Waals surface area contributed by atoms with Gasteiger partial charge in [-0.25, -0.2) is 0 Å². The fraction of sp³-hybridized carbons (Fsp3) is 0.600. The smallest absolute Gasteiger partial charge is 0.261 e. The van der Waals surface area contributed by atoms with E-state index >= 15 is 0 Å². The minimum Gasteiger partial charge on any atom is -0.354 e. The summed E-state index contributed by atoms with van der Waals surface area (Å²) in [6, 6.07) is 3.80. The van der Waals surface area contributed by atoms with Gasteiger partial charge in [0.05, 0.1) is 4.88 Å². The predicted octanol–water partition coefficient (Wildman–Crippen LogP) is 2.81. The molecule has 20 heavy (non-hydrogen) atoms. The van der Waals surface area contributed by atoms with E-state index in [1.807, 2.05) is 18.4 Å². The highest BCUT2D eigenvalue weighted by atomic mass is 32.1. The quantitative estimate of drug-likeness (QED) is 0.775. The number of carbonyl (C=O) groups excluding carboxylic acids is 2. The molecule has 1 aromatic rings. The SMILES string of the molecule is CC(C)CCC(C)NC(=O)CCNC(=O)c1cccs1. The second kappa shape index (κ2) is 8.74. The Hall–Kier alpha value is -1.36. The van der Waals surface area contributed by atoms with Crippen LogP contribution in [0.15, 0.2) is 17.5 Å². The van der Waals surface area contributed by atoms with Crippen molar-refractivity contribution >= 4 is 23.2 Å². The van der Waals surface area contributed by atoms with Crippen LogP contribution in [0.5, 0.6) is 0 Å². The largest absolute Gasteiger partial charge is 0.354 e. The molecule has 0 saturated heterocycles. The van der Waals surface area contributed by atoms with E-state index in [9.17, 15) is 9.59 Å². The predicted molar refractivity (Wildman–Crippen MR) is 82.9 cm³/mol. The first kappa shape index (κ1) is 16.7. The third-order valence-electron chi connectivity index (χ3n) is 2.97. The molecule has 5 heteroatoms. The van der Waals surface area contributed by atoms with Gasteiger partial charge in [0, 0.05) is 19.0 Å². The molecule has 0 aliphatic rings. The van der Waals surface area contributed by atoms with Crippen molar-refractivity contribution in [1.29, 1.82) is 0 Å². The van der Waals surface area contributed by atoms with Crippen LogP contribution in [0.25, 0.3) is 0 Å². The average molecular weight is 296 g/mol. The van der Waals surface area contributed by atoms with Gasteiger partial charge in [0.1, 0.15) is 0 Å². The van der Waals surface area contributed by atoms with E-state index in [1.54, 1.807) is 6.07 Å². The standard InChI is InChI=1S/C15H24N2O2S/c1-11(2)6-7-12(3)17-14(18)8-9-16-15(19)13-5-4-10-20-13/h4-5,10-12H,6-9H2,1-3H3,(H,16,19)(H,17,18). The summed E-state index contributed by atoms with van der Waals surface area (Å²) in [6.07, 6.45) is 2.42. The maximum absolute atomic E-state index is 11.7. The Morgan fingerprint density at radius 2 is 2.00 bits per heavy atom. The molecule has 0 aliphatic carbocycles. The number of hydrogen-bond acceptors (Lipinski definition) is 3. The zero-order valence-electron chi connectivity index (χ0n) is 12.4. The Kier molecular flexibility index (Phi) is 7.30. The lowest BCUT2D eigenvalue weighted by Crippen LogP contribution is -2.35. The summed E-state index contributed by atoms with van der Waals surface area (Å²) < 4.78 is 0. The molecule has 0 aromatic carbocycles. The Balaban J connectivity index is 2.15. The number of thiophene rings is 1. The van der Waals surface area contributed by atoms with Crippen LogP contribution in [0.2, 0.25) is 0 Å². The van der Waals surface area contributed by atoms with Gasteiger partial charge >= 0.3 is 0 Å². The summed E-state index contributed by atoms with van der Waals surface area (Å²) in [6.45, 7) is 6.74. The second-order valence-corrected chi connectivity index (χ2v) is 6.37. The molecule has 0 bridgehead atoms. The van der Waals surface area contributed by atoms with Crippen LogP contribution in [-0.2, 0) is 4.79 Å². The van der Waals surface area contributed by atoms with Gasteiger partial charge in [0.25, 0.3) is 5.91 Å². The van der Waals surface area contributed by atoms with E-state index in [-0.39, 0.29) is 17.9 Å². The van der Waals surface area contributed by atoms with Crippen molar-refractivity contribution in [3.05, 3.63) is 22.4 Å². The van der Waals surface area contributed by atoms with Crippen LogP contribution in [0.3, 0.4) is 0 Å². The van der Waals surface area contributed by atoms with Gasteiger partial charge < -0.3 is 10.6 Å². The summed E-state index contributed by atoms with van der Waals surface area (Å²) in [5.74, 6) is 0.535. The van der Waals surface area contributed by atoms with Crippen LogP contribution in [-0.4, -0.2) is 24.4 Å². The van der Waals surface area contributed by atoms with E-state index in [0.29, 0.717) is 23.8 Å². The Labute approximate surface area is 125 Å². The lowest BCUT2D eigenvalue weighted by atomic mass is 10.0. The Bertz CT molecular complexity index is 416. The monoisotopic (exact) mass is 296 g/mol. The van der Waals surface area contributed by atoms with Crippen molar-refractivity contribution in [2.45, 2.75) is 46.1 Å². The molecule has 0 spiro atoms. The van der Waals surface area contributed by atoms with Gasteiger partial charge in [0.2, 0.25) is 5.91 Å². The van der Waals surface area contributed by atoms with Crippen LogP contribution in [0.4, 0.5) is 0 Å². The van der Waals surface area contributed by atoms with E-state index in [1.165, 1.54) is 11.3 Å². The summed E-state index contributed by atoms with van der Waals surface area (Å²) in [7, 11) is 0. The van der Waals surface area contributed by atoms with Gasteiger partial charge in [-0.1, -0.05) is 19.9 Å². The van der Waals surface area contributed by atoms with Crippen LogP contribution >= 0.6 is 11.3 Å². The molecule has 0 radical (unpaired) electrons. The third-order valence-corrected chi connectivity index (χ3v) is 3.84. The van der Waals surface area contributed by atoms with Crippen molar-refractivity contribution < 1.29 is 9.59 Å². The summed E-state index contributed by atoms with van der Waals surface area (Å²) in [5, 5.41) is 7.57. The second-order valence-electron chi connectivity index (χ2n) is 5.42. The molecule has 1 atom stereocenters. The van der Waals surface area contributed by atoms with Crippen LogP contribution in [0, 0.1) is 5.92 Å². The number of hydrogen-bond donors (Lipinski definition) is 2. The van der Waals surface area contributed by atoms with Gasteiger partial charge in [-0.3, -0.25) is 9.59 Å². The molecule has 1 heterocycles. The Morgan fingerprint density at radius 1 is 1.25 bits per heavy atom. The van der Waals surface area contributed by atoms with Gasteiger partial charge in [-0.15, -0.1) is 11.3 Å². The zero-order valence-corrected chi connectivity index (χ0v) is 13.3. The summed E-state index contributed by atoms with van der Waals surface area (Å²) >= 11 is 1.40. The van der Waals surface area contributed by atoms with E-state index in [2.05, 4.69) is 24.5 Å². The average Bonchev–Trinajstić information content (AvgIpc) is 2.90. The van der Waals surface area contributed by atoms with Gasteiger partial charge in [-0.2, -0.15) is 0 Å². The fourth-order valence-electron chi connectivity index (χ4n) is 1.79. The molecule has 112 valence electrons. The first-order valence-electron chi connectivity index (χ1n) is 7.10. The zero-order chi connectivity index (χ0) is 15.0. The maximum atomic E-state index is 11.7. The molecule has 1 aromatic heterocycles. The lowest BCUT2D eigenvalue weighted by Gasteiger charge is -2.15. The maximum Gasteiger partial charge on any atom is 0.261 e. The molecule has 0 aliphatic heterocycles. The first-order chi connectivity index (χ1) is 9.49. The van der Waals surface area contributed by atoms with Crippen LogP contribution in [0.1, 0.15) is 49.7 Å². The number of carbonyl (C=O) groups is 2. The molecule has 2 amide bonds. The molecule has 1 unspecified atom stereocenters. The number of rotatable bonds is 8. The topological polar surface area (TPSA) is 58.2 Å². The highest BCUT2D eigenvalue weighted by molar-refractivity contribution is 7.12. The highest BCUT2D eigenvalue weighted by Gasteiger charge is 2.10. The van der Waals surface area contributed by atoms with Gasteiger partial charge in [0.15, 0.2) is 0 Å². The molecular weight excluding hydrogens is 272 g/mol. The van der Waals surface area contributed by atoms with Crippen molar-refractivity contribution in [3.63, 3.8) is 0 Å². The van der Waals surface area contributed by atoms with Crippen molar-refractivity contribution in [2.24, 2.45) is 5.92 Å². The number of nitrogens with one attached hydrogen (secondary N) is 2. The van der Waals surface area contributed by atoms with Gasteiger partial charge in [-0.05, 0) is 37.1 Å². The molecule has 1 rings (SSSR count). The first-order valence-corrected chi connectivity index (χ1v) is 7.98.